The predicted octanol–water partition coefficient (Wildman–Crippen LogP) is 1.14. The molecule has 0 unspecified atom stereocenters. The number of methoxy groups -OCH3 is 1. The van der Waals surface area contributed by atoms with Crippen molar-refractivity contribution in [2.45, 2.75) is 17.9 Å². The van der Waals surface area contributed by atoms with Crippen molar-refractivity contribution in [3.05, 3.63) is 30.1 Å². The molecule has 0 aliphatic heterocycles. The number of ether oxygens (including phenoxy) is 1. The van der Waals surface area contributed by atoms with E-state index in [1.807, 2.05) is 0 Å². The van der Waals surface area contributed by atoms with Gasteiger partial charge in [0.15, 0.2) is 0 Å². The second-order valence-corrected chi connectivity index (χ2v) is 5.09. The van der Waals surface area contributed by atoms with Crippen molar-refractivity contribution in [3.8, 4) is 0 Å². The van der Waals surface area contributed by atoms with Crippen LogP contribution < -0.4 is 4.72 Å². The molecule has 4 nitrogen and oxygen atoms in total. The van der Waals surface area contributed by atoms with Gasteiger partial charge in [-0.1, -0.05) is 12.1 Å². The van der Waals surface area contributed by atoms with Crippen molar-refractivity contribution < 1.29 is 17.5 Å². The molecule has 0 saturated heterocycles. The second kappa shape index (κ2) is 5.38. The molecule has 0 saturated carbocycles. The summed E-state index contributed by atoms with van der Waals surface area (Å²) in [6.07, 6.45) is 0. The summed E-state index contributed by atoms with van der Waals surface area (Å²) in [5.74, 6) is -0.764. The van der Waals surface area contributed by atoms with Crippen molar-refractivity contribution in [3.63, 3.8) is 0 Å². The van der Waals surface area contributed by atoms with Crippen molar-refractivity contribution in [1.82, 2.24) is 4.72 Å². The Bertz CT molecular complexity index is 447. The van der Waals surface area contributed by atoms with Gasteiger partial charge in [-0.25, -0.2) is 17.5 Å². The van der Waals surface area contributed by atoms with Crippen LogP contribution in [0.4, 0.5) is 4.39 Å². The van der Waals surface area contributed by atoms with E-state index < -0.39 is 21.9 Å². The average Bonchev–Trinajstić information content (AvgIpc) is 2.17. The molecule has 1 atom stereocenters. The highest BCUT2D eigenvalue weighted by Crippen LogP contribution is 2.13. The standard InChI is InChI=1S/C10H14FNO3S/c1-8(7-15-2)12-16(13,14)10-6-4-3-5-9(10)11/h3-6,8,12H,7H2,1-2H3/t8-/m0/s1. The second-order valence-electron chi connectivity index (χ2n) is 3.41. The Balaban J connectivity index is 2.91. The van der Waals surface area contributed by atoms with Crippen molar-refractivity contribution in [2.24, 2.45) is 0 Å². The van der Waals surface area contributed by atoms with Crippen molar-refractivity contribution in [1.29, 1.82) is 0 Å². The van der Waals surface area contributed by atoms with Gasteiger partial charge in [0, 0.05) is 13.2 Å². The smallest absolute Gasteiger partial charge is 0.243 e. The monoisotopic (exact) mass is 247 g/mol. The van der Waals surface area contributed by atoms with Gasteiger partial charge in [0.2, 0.25) is 10.0 Å². The van der Waals surface area contributed by atoms with Crippen LogP contribution in [-0.2, 0) is 14.8 Å². The van der Waals surface area contributed by atoms with Crippen LogP contribution in [0.1, 0.15) is 6.92 Å². The van der Waals surface area contributed by atoms with Gasteiger partial charge in [0.25, 0.3) is 0 Å². The summed E-state index contributed by atoms with van der Waals surface area (Å²) in [6, 6.07) is 4.83. The van der Waals surface area contributed by atoms with Gasteiger partial charge in [-0.15, -0.1) is 0 Å². The lowest BCUT2D eigenvalue weighted by Crippen LogP contribution is -2.35. The van der Waals surface area contributed by atoms with E-state index in [-0.39, 0.29) is 11.5 Å². The van der Waals surface area contributed by atoms with Crippen LogP contribution in [0.5, 0.6) is 0 Å². The topological polar surface area (TPSA) is 55.4 Å². The summed E-state index contributed by atoms with van der Waals surface area (Å²) in [7, 11) is -2.35. The molecule has 0 aromatic heterocycles. The van der Waals surface area contributed by atoms with Gasteiger partial charge in [-0.2, -0.15) is 0 Å². The Morgan fingerprint density at radius 1 is 1.44 bits per heavy atom. The Morgan fingerprint density at radius 3 is 2.62 bits per heavy atom. The molecule has 0 heterocycles. The highest BCUT2D eigenvalue weighted by molar-refractivity contribution is 7.89. The molecule has 16 heavy (non-hydrogen) atoms. The molecule has 90 valence electrons. The van der Waals surface area contributed by atoms with E-state index in [9.17, 15) is 12.8 Å². The summed E-state index contributed by atoms with van der Waals surface area (Å²) in [6.45, 7) is 1.87. The number of halogens is 1. The molecular weight excluding hydrogens is 233 g/mol. The molecule has 1 aromatic rings. The lowest BCUT2D eigenvalue weighted by atomic mass is 10.3. The maximum atomic E-state index is 13.3. The zero-order chi connectivity index (χ0) is 12.2. The van der Waals surface area contributed by atoms with Crippen LogP contribution in [0.3, 0.4) is 0 Å². The number of rotatable bonds is 5. The summed E-state index contributed by atoms with van der Waals surface area (Å²) >= 11 is 0. The fraction of sp³-hybridized carbons (Fsp3) is 0.400. The lowest BCUT2D eigenvalue weighted by molar-refractivity contribution is 0.180. The summed E-state index contributed by atoms with van der Waals surface area (Å²) in [4.78, 5) is -0.349. The molecule has 0 aliphatic carbocycles. The minimum Gasteiger partial charge on any atom is -0.383 e. The zero-order valence-corrected chi connectivity index (χ0v) is 9.92. The largest absolute Gasteiger partial charge is 0.383 e. The Labute approximate surface area is 94.5 Å². The third kappa shape index (κ3) is 3.26. The van der Waals surface area contributed by atoms with E-state index in [0.29, 0.717) is 0 Å². The molecule has 6 heteroatoms. The fourth-order valence-corrected chi connectivity index (χ4v) is 2.58. The predicted molar refractivity (Wildman–Crippen MR) is 58.1 cm³/mol. The van der Waals surface area contributed by atoms with Crippen LogP contribution in [0.15, 0.2) is 29.2 Å². The van der Waals surface area contributed by atoms with E-state index in [1.165, 1.54) is 25.3 Å². The van der Waals surface area contributed by atoms with E-state index in [2.05, 4.69) is 4.72 Å². The number of sulfonamides is 1. The van der Waals surface area contributed by atoms with Crippen LogP contribution in [0, 0.1) is 5.82 Å². The van der Waals surface area contributed by atoms with Crippen molar-refractivity contribution in [2.75, 3.05) is 13.7 Å². The highest BCUT2D eigenvalue weighted by Gasteiger charge is 2.20. The molecule has 0 radical (unpaired) electrons. The van der Waals surface area contributed by atoms with E-state index >= 15 is 0 Å². The van der Waals surface area contributed by atoms with E-state index in [1.54, 1.807) is 6.92 Å². The van der Waals surface area contributed by atoms with Gasteiger partial charge >= 0.3 is 0 Å². The van der Waals surface area contributed by atoms with Crippen LogP contribution in [0.2, 0.25) is 0 Å². The van der Waals surface area contributed by atoms with Gasteiger partial charge in [-0.05, 0) is 19.1 Å². The molecule has 1 N–H and O–H groups in total. The van der Waals surface area contributed by atoms with Crippen molar-refractivity contribution >= 4 is 10.0 Å². The Morgan fingerprint density at radius 2 is 2.06 bits per heavy atom. The zero-order valence-electron chi connectivity index (χ0n) is 9.10. The Hall–Kier alpha value is -0.980. The first-order chi connectivity index (χ1) is 7.47. The van der Waals surface area contributed by atoms with E-state index in [4.69, 9.17) is 4.74 Å². The molecule has 0 bridgehead atoms. The first-order valence-corrected chi connectivity index (χ1v) is 6.21. The SMILES string of the molecule is COC[C@H](C)NS(=O)(=O)c1ccccc1F. The molecule has 1 rings (SSSR count). The average molecular weight is 247 g/mol. The lowest BCUT2D eigenvalue weighted by Gasteiger charge is -2.13. The molecule has 0 aliphatic rings. The quantitative estimate of drug-likeness (QED) is 0.849. The van der Waals surface area contributed by atoms with Gasteiger partial charge in [-0.3, -0.25) is 0 Å². The molecule has 1 aromatic carbocycles. The number of benzene rings is 1. The Kier molecular flexibility index (Phi) is 4.40. The van der Waals surface area contributed by atoms with Gasteiger partial charge in [0.05, 0.1) is 6.61 Å². The van der Waals surface area contributed by atoms with Crippen LogP contribution in [-0.4, -0.2) is 28.2 Å². The maximum Gasteiger partial charge on any atom is 0.243 e. The first-order valence-electron chi connectivity index (χ1n) is 4.73. The van der Waals surface area contributed by atoms with Crippen LogP contribution >= 0.6 is 0 Å². The molecule has 0 spiro atoms. The third-order valence-electron chi connectivity index (χ3n) is 1.90. The molecular formula is C10H14FNO3S. The summed E-state index contributed by atoms with van der Waals surface area (Å²) in [5, 5.41) is 0. The van der Waals surface area contributed by atoms with Gasteiger partial charge in [0.1, 0.15) is 10.7 Å². The minimum atomic E-state index is -3.82. The highest BCUT2D eigenvalue weighted by atomic mass is 32.2. The molecule has 0 amide bonds. The van der Waals surface area contributed by atoms with Gasteiger partial charge < -0.3 is 4.74 Å². The fourth-order valence-electron chi connectivity index (χ4n) is 1.28. The van der Waals surface area contributed by atoms with E-state index in [0.717, 1.165) is 6.07 Å². The first kappa shape index (κ1) is 13.1. The van der Waals surface area contributed by atoms with Crippen LogP contribution in [0.25, 0.3) is 0 Å². The summed E-state index contributed by atoms with van der Waals surface area (Å²) < 4.78 is 43.9. The number of hydrogen-bond donors (Lipinski definition) is 1. The number of hydrogen-bond acceptors (Lipinski definition) is 3. The minimum absolute atomic E-state index is 0.230. The number of nitrogens with one attached hydrogen (secondary N) is 1. The maximum absolute atomic E-state index is 13.3. The summed E-state index contributed by atoms with van der Waals surface area (Å²) in [5.41, 5.74) is 0. The normalized spacial score (nSPS) is 13.7. The molecule has 0 fully saturated rings. The third-order valence-corrected chi connectivity index (χ3v) is 3.52.